The average molecular weight is 301 g/mol. The molecule has 19 heavy (non-hydrogen) atoms. The van der Waals surface area contributed by atoms with E-state index in [1.165, 1.54) is 18.3 Å². The molecule has 1 aliphatic heterocycles. The quantitative estimate of drug-likeness (QED) is 0.933. The first-order chi connectivity index (χ1) is 8.99. The largest absolute Gasteiger partial charge is 0.347 e. The molecule has 1 fully saturated rings. The molecule has 0 radical (unpaired) electrons. The third-order valence-electron chi connectivity index (χ3n) is 3.34. The Hall–Kier alpha value is -1.07. The normalized spacial score (nSPS) is 20.4. The van der Waals surface area contributed by atoms with Crippen LogP contribution in [-0.4, -0.2) is 29.3 Å². The lowest BCUT2D eigenvalue weighted by molar-refractivity contribution is -0.137. The molecule has 1 aromatic heterocycles. The number of hydrogen-bond donors (Lipinski definition) is 1. The molecule has 2 rings (SSSR count). The molecule has 0 bridgehead atoms. The van der Waals surface area contributed by atoms with E-state index >= 15 is 0 Å². The number of likely N-dealkylation sites (tertiary alicyclic amines) is 1. The lowest BCUT2D eigenvalue weighted by Gasteiger charge is -2.24. The topological polar surface area (TPSA) is 49.4 Å². The number of carbonyl (C=O) groups excluding carboxylic acids is 2. The van der Waals surface area contributed by atoms with Crippen molar-refractivity contribution in [2.45, 2.75) is 38.8 Å². The summed E-state index contributed by atoms with van der Waals surface area (Å²) in [6, 6.07) is 3.33. The van der Waals surface area contributed by atoms with Crippen molar-refractivity contribution in [1.82, 2.24) is 10.2 Å². The Balaban J connectivity index is 1.99. The molecule has 1 aromatic rings. The van der Waals surface area contributed by atoms with Crippen molar-refractivity contribution in [3.63, 3.8) is 0 Å². The number of nitrogens with one attached hydrogen (secondary N) is 1. The van der Waals surface area contributed by atoms with Crippen LogP contribution in [0, 0.1) is 0 Å². The van der Waals surface area contributed by atoms with Crippen molar-refractivity contribution in [2.75, 3.05) is 6.54 Å². The molecule has 0 aromatic carbocycles. The Morgan fingerprint density at radius 3 is 2.84 bits per heavy atom. The molecule has 104 valence electrons. The van der Waals surface area contributed by atoms with Gasteiger partial charge in [-0.15, -0.1) is 11.3 Å². The number of halogens is 1. The molecule has 1 unspecified atom stereocenters. The third kappa shape index (κ3) is 3.28. The van der Waals surface area contributed by atoms with Crippen LogP contribution in [0.5, 0.6) is 0 Å². The second kappa shape index (κ2) is 5.92. The summed E-state index contributed by atoms with van der Waals surface area (Å²) in [5, 5.41) is 2.96. The van der Waals surface area contributed by atoms with Gasteiger partial charge in [-0.05, 0) is 31.9 Å². The fourth-order valence-corrected chi connectivity index (χ4v) is 3.42. The second-order valence-electron chi connectivity index (χ2n) is 4.74. The Bertz CT molecular complexity index is 489. The molecule has 1 saturated heterocycles. The average Bonchev–Trinajstić information content (AvgIpc) is 2.96. The monoisotopic (exact) mass is 300 g/mol. The van der Waals surface area contributed by atoms with Crippen molar-refractivity contribution < 1.29 is 9.59 Å². The van der Waals surface area contributed by atoms with Gasteiger partial charge in [0.2, 0.25) is 11.8 Å². The number of carbonyl (C=O) groups is 2. The molecule has 6 heteroatoms. The van der Waals surface area contributed by atoms with Gasteiger partial charge in [-0.2, -0.15) is 0 Å². The van der Waals surface area contributed by atoms with Crippen LogP contribution < -0.4 is 5.32 Å². The van der Waals surface area contributed by atoms with Crippen LogP contribution in [0.15, 0.2) is 12.1 Å². The summed E-state index contributed by atoms with van der Waals surface area (Å²) in [7, 11) is 0. The van der Waals surface area contributed by atoms with Gasteiger partial charge in [-0.3, -0.25) is 9.59 Å². The van der Waals surface area contributed by atoms with Crippen LogP contribution in [0.4, 0.5) is 0 Å². The zero-order chi connectivity index (χ0) is 14.0. The van der Waals surface area contributed by atoms with Crippen molar-refractivity contribution in [2.24, 2.45) is 0 Å². The van der Waals surface area contributed by atoms with Gasteiger partial charge < -0.3 is 10.2 Å². The van der Waals surface area contributed by atoms with Gasteiger partial charge in [0.15, 0.2) is 0 Å². The van der Waals surface area contributed by atoms with E-state index in [2.05, 4.69) is 5.32 Å². The zero-order valence-corrected chi connectivity index (χ0v) is 12.6. The van der Waals surface area contributed by atoms with Crippen molar-refractivity contribution in [1.29, 1.82) is 0 Å². The number of amides is 2. The Labute approximate surface area is 121 Å². The van der Waals surface area contributed by atoms with Crippen LogP contribution in [0.25, 0.3) is 0 Å². The summed E-state index contributed by atoms with van der Waals surface area (Å²) in [4.78, 5) is 26.3. The summed E-state index contributed by atoms with van der Waals surface area (Å²) < 4.78 is 0.710. The minimum absolute atomic E-state index is 0.0375. The maximum Gasteiger partial charge on any atom is 0.243 e. The van der Waals surface area contributed by atoms with Crippen molar-refractivity contribution >= 4 is 34.8 Å². The van der Waals surface area contributed by atoms with E-state index < -0.39 is 0 Å². The summed E-state index contributed by atoms with van der Waals surface area (Å²) in [6.45, 7) is 4.10. The van der Waals surface area contributed by atoms with Gasteiger partial charge in [-0.1, -0.05) is 11.6 Å². The summed E-state index contributed by atoms with van der Waals surface area (Å²) in [5.74, 6) is -0.116. The minimum atomic E-state index is -0.324. The van der Waals surface area contributed by atoms with E-state index in [-0.39, 0.29) is 23.9 Å². The first-order valence-electron chi connectivity index (χ1n) is 6.32. The predicted molar refractivity (Wildman–Crippen MR) is 76.3 cm³/mol. The van der Waals surface area contributed by atoms with Crippen LogP contribution in [-0.2, 0) is 9.59 Å². The summed E-state index contributed by atoms with van der Waals surface area (Å²) in [6.07, 6.45) is 1.63. The lowest BCUT2D eigenvalue weighted by Crippen LogP contribution is -2.45. The second-order valence-corrected chi connectivity index (χ2v) is 6.49. The maximum absolute atomic E-state index is 12.2. The fraction of sp³-hybridized carbons (Fsp3) is 0.538. The van der Waals surface area contributed by atoms with Crippen LogP contribution >= 0.6 is 22.9 Å². The molecule has 0 saturated carbocycles. The maximum atomic E-state index is 12.2. The predicted octanol–water partition coefficient (Wildman–Crippen LogP) is 2.59. The van der Waals surface area contributed by atoms with Crippen LogP contribution in [0.3, 0.4) is 0 Å². The van der Waals surface area contributed by atoms with Crippen LogP contribution in [0.2, 0.25) is 4.34 Å². The van der Waals surface area contributed by atoms with Gasteiger partial charge in [0.05, 0.1) is 10.4 Å². The zero-order valence-electron chi connectivity index (χ0n) is 11.0. The first kappa shape index (κ1) is 14.3. The van der Waals surface area contributed by atoms with E-state index in [9.17, 15) is 9.59 Å². The Morgan fingerprint density at radius 2 is 2.26 bits per heavy atom. The molecule has 1 aliphatic rings. The number of rotatable bonds is 3. The highest BCUT2D eigenvalue weighted by molar-refractivity contribution is 7.16. The van der Waals surface area contributed by atoms with E-state index in [4.69, 9.17) is 11.6 Å². The molecule has 0 spiro atoms. The van der Waals surface area contributed by atoms with E-state index in [0.29, 0.717) is 10.9 Å². The van der Waals surface area contributed by atoms with Gasteiger partial charge in [0.1, 0.15) is 6.04 Å². The third-order valence-corrected chi connectivity index (χ3v) is 4.75. The van der Waals surface area contributed by atoms with E-state index in [0.717, 1.165) is 17.7 Å². The van der Waals surface area contributed by atoms with Gasteiger partial charge in [0, 0.05) is 18.3 Å². The SMILES string of the molecule is CC(=O)N1CCC[C@H]1C(=O)NC(C)c1ccc(Cl)s1. The summed E-state index contributed by atoms with van der Waals surface area (Å²) in [5.41, 5.74) is 0. The van der Waals surface area contributed by atoms with Gasteiger partial charge >= 0.3 is 0 Å². The number of hydrogen-bond acceptors (Lipinski definition) is 3. The van der Waals surface area contributed by atoms with Crippen LogP contribution in [0.1, 0.15) is 37.6 Å². The van der Waals surface area contributed by atoms with Gasteiger partial charge in [-0.25, -0.2) is 0 Å². The molecule has 0 aliphatic carbocycles. The highest BCUT2D eigenvalue weighted by atomic mass is 35.5. The molecule has 2 atom stereocenters. The smallest absolute Gasteiger partial charge is 0.243 e. The molecule has 2 amide bonds. The van der Waals surface area contributed by atoms with Crippen molar-refractivity contribution in [3.8, 4) is 0 Å². The minimum Gasteiger partial charge on any atom is -0.347 e. The van der Waals surface area contributed by atoms with Gasteiger partial charge in [0.25, 0.3) is 0 Å². The standard InChI is InChI=1S/C13H17ClN2O2S/c1-8(11-5-6-12(14)19-11)15-13(18)10-4-3-7-16(10)9(2)17/h5-6,8,10H,3-4,7H2,1-2H3,(H,15,18)/t8?,10-/m0/s1. The molecule has 1 N–H and O–H groups in total. The first-order valence-corrected chi connectivity index (χ1v) is 7.51. The number of thiophene rings is 1. The lowest BCUT2D eigenvalue weighted by atomic mass is 10.2. The Morgan fingerprint density at radius 1 is 1.53 bits per heavy atom. The highest BCUT2D eigenvalue weighted by Crippen LogP contribution is 2.27. The highest BCUT2D eigenvalue weighted by Gasteiger charge is 2.32. The number of nitrogens with zero attached hydrogens (tertiary/aromatic N) is 1. The fourth-order valence-electron chi connectivity index (χ4n) is 2.36. The van der Waals surface area contributed by atoms with Crippen molar-refractivity contribution in [3.05, 3.63) is 21.3 Å². The van der Waals surface area contributed by atoms with E-state index in [1.807, 2.05) is 19.1 Å². The van der Waals surface area contributed by atoms with E-state index in [1.54, 1.807) is 4.90 Å². The molecule has 2 heterocycles. The summed E-state index contributed by atoms with van der Waals surface area (Å²) >= 11 is 7.34. The molecule has 4 nitrogen and oxygen atoms in total. The molecular weight excluding hydrogens is 284 g/mol. The Kier molecular flexibility index (Phi) is 4.47. The molecular formula is C13H17ClN2O2S.